The summed E-state index contributed by atoms with van der Waals surface area (Å²) in [4.78, 5) is 30.0. The Kier molecular flexibility index (Phi) is 7.22. The summed E-state index contributed by atoms with van der Waals surface area (Å²) in [5.74, 6) is -0.130. The van der Waals surface area contributed by atoms with E-state index < -0.39 is 5.82 Å². The molecular weight excluding hydrogens is 473 g/mol. The zero-order chi connectivity index (χ0) is 24.9. The third kappa shape index (κ3) is 5.22. The van der Waals surface area contributed by atoms with Crippen LogP contribution in [0.1, 0.15) is 33.7 Å². The molecule has 2 aromatic heterocycles. The average Bonchev–Trinajstić information content (AvgIpc) is 3.42. The molecule has 0 aliphatic carbocycles. The van der Waals surface area contributed by atoms with E-state index in [1.165, 1.54) is 38.5 Å². The molecular formula is C26H21ClFN3O4. The topological polar surface area (TPSA) is 94.2 Å². The fraction of sp³-hybridized carbons (Fsp3) is 0.154. The van der Waals surface area contributed by atoms with Gasteiger partial charge in [0, 0.05) is 41.3 Å². The van der Waals surface area contributed by atoms with Crippen molar-refractivity contribution < 1.29 is 23.5 Å². The number of aromatic nitrogens is 3. The number of hydrogen-bond donors (Lipinski definition) is 1. The molecule has 0 atom stereocenters. The number of nitrogens with zero attached hydrogens (tertiary/aromatic N) is 2. The van der Waals surface area contributed by atoms with Gasteiger partial charge in [0.1, 0.15) is 28.7 Å². The van der Waals surface area contributed by atoms with Gasteiger partial charge in [-0.1, -0.05) is 17.7 Å². The molecule has 0 spiro atoms. The van der Waals surface area contributed by atoms with Crippen LogP contribution < -0.4 is 9.47 Å². The number of aromatic amines is 1. The quantitative estimate of drug-likeness (QED) is 0.296. The Morgan fingerprint density at radius 3 is 2.40 bits per heavy atom. The molecule has 0 aliphatic heterocycles. The molecule has 0 bridgehead atoms. The lowest BCUT2D eigenvalue weighted by Crippen LogP contribution is -2.08. The molecule has 4 rings (SSSR count). The van der Waals surface area contributed by atoms with Crippen molar-refractivity contribution in [1.29, 1.82) is 0 Å². The van der Waals surface area contributed by atoms with E-state index in [2.05, 4.69) is 15.2 Å². The fourth-order valence-electron chi connectivity index (χ4n) is 3.62. The maximum absolute atomic E-state index is 13.6. The van der Waals surface area contributed by atoms with Crippen LogP contribution in [0, 0.1) is 5.82 Å². The molecule has 178 valence electrons. The molecule has 0 unspecified atom stereocenters. The summed E-state index contributed by atoms with van der Waals surface area (Å²) >= 11 is 5.90. The van der Waals surface area contributed by atoms with Gasteiger partial charge in [0.05, 0.1) is 25.4 Å². The summed E-state index contributed by atoms with van der Waals surface area (Å²) in [6.45, 7) is 0. The maximum atomic E-state index is 13.6. The third-order valence-electron chi connectivity index (χ3n) is 5.47. The number of rotatable bonds is 9. The zero-order valence-corrected chi connectivity index (χ0v) is 19.7. The first-order chi connectivity index (χ1) is 16.9. The summed E-state index contributed by atoms with van der Waals surface area (Å²) in [5.41, 5.74) is 3.09. The Labute approximate surface area is 205 Å². The first kappa shape index (κ1) is 24.1. The number of halogens is 2. The van der Waals surface area contributed by atoms with Crippen LogP contribution in [-0.4, -0.2) is 41.0 Å². The van der Waals surface area contributed by atoms with E-state index >= 15 is 0 Å². The molecule has 7 nitrogen and oxygen atoms in total. The Hall–Kier alpha value is -4.04. The minimum Gasteiger partial charge on any atom is -0.496 e. The van der Waals surface area contributed by atoms with E-state index in [-0.39, 0.29) is 35.1 Å². The Morgan fingerprint density at radius 1 is 0.943 bits per heavy atom. The van der Waals surface area contributed by atoms with E-state index in [9.17, 15) is 14.0 Å². The highest BCUT2D eigenvalue weighted by Gasteiger charge is 2.18. The predicted molar refractivity (Wildman–Crippen MR) is 130 cm³/mol. The lowest BCUT2D eigenvalue weighted by atomic mass is 10.00. The number of ketones is 2. The van der Waals surface area contributed by atoms with Crippen LogP contribution in [0.15, 0.2) is 60.9 Å². The summed E-state index contributed by atoms with van der Waals surface area (Å²) in [6.07, 6.45) is 3.36. The lowest BCUT2D eigenvalue weighted by molar-refractivity contribution is 0.0915. The molecule has 0 fully saturated rings. The molecule has 2 heterocycles. The van der Waals surface area contributed by atoms with Crippen molar-refractivity contribution in [3.8, 4) is 33.9 Å². The second-order valence-electron chi connectivity index (χ2n) is 7.62. The molecule has 1 N–H and O–H groups in total. The highest BCUT2D eigenvalue weighted by atomic mass is 35.5. The minimum atomic E-state index is -0.561. The van der Waals surface area contributed by atoms with Crippen LogP contribution in [0.5, 0.6) is 11.5 Å². The van der Waals surface area contributed by atoms with Crippen LogP contribution in [0.4, 0.5) is 4.39 Å². The van der Waals surface area contributed by atoms with Crippen molar-refractivity contribution >= 4 is 23.2 Å². The third-order valence-corrected chi connectivity index (χ3v) is 5.76. The zero-order valence-electron chi connectivity index (χ0n) is 19.0. The summed E-state index contributed by atoms with van der Waals surface area (Å²) < 4.78 is 24.3. The normalized spacial score (nSPS) is 10.7. The molecule has 9 heteroatoms. The van der Waals surface area contributed by atoms with Gasteiger partial charge in [-0.05, 0) is 42.5 Å². The van der Waals surface area contributed by atoms with Crippen molar-refractivity contribution in [3.05, 3.63) is 83.0 Å². The van der Waals surface area contributed by atoms with Gasteiger partial charge in [-0.3, -0.25) is 14.7 Å². The molecule has 4 aromatic rings. The standard InChI is InChI=1S/C26H21ClFN3O4/c1-34-24-10-7-21(31-26(24)16-4-6-20(28)19(27)11-16)23(33)9-8-22(32)15-3-5-18(25(12-15)35-2)17-13-29-30-14-17/h3-7,10-14H,8-9H2,1-2H3,(H,29,30). The SMILES string of the molecule is COc1cc(C(=O)CCC(=O)c2ccc(OC)c(-c3ccc(F)c(Cl)c3)n2)ccc1-c1cn[nH]c1. The van der Waals surface area contributed by atoms with Crippen molar-refractivity contribution in [3.63, 3.8) is 0 Å². The average molecular weight is 494 g/mol. The number of methoxy groups -OCH3 is 2. The number of benzene rings is 2. The Balaban J connectivity index is 1.50. The van der Waals surface area contributed by atoms with Crippen molar-refractivity contribution in [2.24, 2.45) is 0 Å². The number of ether oxygens (including phenoxy) is 2. The van der Waals surface area contributed by atoms with Gasteiger partial charge in [-0.2, -0.15) is 5.10 Å². The first-order valence-electron chi connectivity index (χ1n) is 10.6. The van der Waals surface area contributed by atoms with Gasteiger partial charge in [0.15, 0.2) is 11.6 Å². The van der Waals surface area contributed by atoms with Crippen molar-refractivity contribution in [2.45, 2.75) is 12.8 Å². The second-order valence-corrected chi connectivity index (χ2v) is 8.03. The number of Topliss-reactive ketones (excluding diaryl/α,β-unsaturated/α-hetero) is 2. The Bertz CT molecular complexity index is 1390. The summed E-state index contributed by atoms with van der Waals surface area (Å²) in [6, 6.07) is 12.4. The van der Waals surface area contributed by atoms with Crippen molar-refractivity contribution in [2.75, 3.05) is 14.2 Å². The van der Waals surface area contributed by atoms with E-state index in [4.69, 9.17) is 21.1 Å². The van der Waals surface area contributed by atoms with Crippen LogP contribution in [-0.2, 0) is 0 Å². The number of pyridine rings is 1. The second kappa shape index (κ2) is 10.5. The molecule has 0 saturated carbocycles. The summed E-state index contributed by atoms with van der Waals surface area (Å²) in [5, 5.41) is 6.61. The lowest BCUT2D eigenvalue weighted by Gasteiger charge is -2.11. The van der Waals surface area contributed by atoms with Gasteiger partial charge >= 0.3 is 0 Å². The Morgan fingerprint density at radius 2 is 1.71 bits per heavy atom. The van der Waals surface area contributed by atoms with Crippen molar-refractivity contribution in [1.82, 2.24) is 15.2 Å². The van der Waals surface area contributed by atoms with Crippen LogP contribution in [0.25, 0.3) is 22.4 Å². The molecule has 35 heavy (non-hydrogen) atoms. The van der Waals surface area contributed by atoms with Gasteiger partial charge in [0.25, 0.3) is 0 Å². The fourth-order valence-corrected chi connectivity index (χ4v) is 3.80. The van der Waals surface area contributed by atoms with E-state index in [0.717, 1.165) is 11.1 Å². The molecule has 0 amide bonds. The summed E-state index contributed by atoms with van der Waals surface area (Å²) in [7, 11) is 3.00. The first-order valence-corrected chi connectivity index (χ1v) is 11.0. The van der Waals surface area contributed by atoms with E-state index in [1.807, 2.05) is 0 Å². The van der Waals surface area contributed by atoms with Crippen LogP contribution in [0.3, 0.4) is 0 Å². The molecule has 0 saturated heterocycles. The van der Waals surface area contributed by atoms with Gasteiger partial charge in [0.2, 0.25) is 0 Å². The van der Waals surface area contributed by atoms with E-state index in [1.54, 1.807) is 36.7 Å². The minimum absolute atomic E-state index is 0.00152. The molecule has 2 aromatic carbocycles. The molecule has 0 aliphatic rings. The van der Waals surface area contributed by atoms with Crippen LogP contribution >= 0.6 is 11.6 Å². The largest absolute Gasteiger partial charge is 0.496 e. The van der Waals surface area contributed by atoms with E-state index in [0.29, 0.717) is 28.3 Å². The predicted octanol–water partition coefficient (Wildman–Crippen LogP) is 5.79. The maximum Gasteiger partial charge on any atom is 0.181 e. The number of nitrogens with one attached hydrogen (secondary N) is 1. The van der Waals surface area contributed by atoms with Gasteiger partial charge in [-0.25, -0.2) is 9.37 Å². The van der Waals surface area contributed by atoms with Crippen LogP contribution in [0.2, 0.25) is 5.02 Å². The number of carbonyl (C=O) groups is 2. The monoisotopic (exact) mass is 493 g/mol. The van der Waals surface area contributed by atoms with Gasteiger partial charge < -0.3 is 9.47 Å². The molecule has 0 radical (unpaired) electrons. The van der Waals surface area contributed by atoms with Gasteiger partial charge in [-0.15, -0.1) is 0 Å². The highest BCUT2D eigenvalue weighted by Crippen LogP contribution is 2.32. The number of hydrogen-bond acceptors (Lipinski definition) is 6. The smallest absolute Gasteiger partial charge is 0.181 e. The number of H-pyrrole nitrogens is 1. The highest BCUT2D eigenvalue weighted by molar-refractivity contribution is 6.31. The number of carbonyl (C=O) groups excluding carboxylic acids is 2.